The van der Waals surface area contributed by atoms with Crippen LogP contribution in [-0.2, 0) is 9.59 Å². The number of carboxylic acid groups (broad SMARTS) is 1. The second-order valence-electron chi connectivity index (χ2n) is 3.70. The lowest BCUT2D eigenvalue weighted by Crippen LogP contribution is -2.55. The predicted molar refractivity (Wildman–Crippen MR) is 50.8 cm³/mol. The predicted octanol–water partition coefficient (Wildman–Crippen LogP) is -0.473. The van der Waals surface area contributed by atoms with Crippen LogP contribution in [0.4, 0.5) is 0 Å². The minimum absolute atomic E-state index is 0.0196. The minimum atomic E-state index is -0.816. The maximum Gasteiger partial charge on any atom is 0.307 e. The van der Waals surface area contributed by atoms with Gasteiger partial charge in [0.25, 0.3) is 0 Å². The molecular weight excluding hydrogens is 184 g/mol. The molecule has 0 radical (unpaired) electrons. The highest BCUT2D eigenvalue weighted by molar-refractivity contribution is 5.82. The van der Waals surface area contributed by atoms with Crippen molar-refractivity contribution in [2.24, 2.45) is 5.92 Å². The molecule has 2 unspecified atom stereocenters. The van der Waals surface area contributed by atoms with Gasteiger partial charge in [0, 0.05) is 19.6 Å². The molecule has 0 aliphatic carbocycles. The fraction of sp³-hybridized carbons (Fsp3) is 0.778. The van der Waals surface area contributed by atoms with E-state index in [1.807, 2.05) is 4.90 Å². The van der Waals surface area contributed by atoms with E-state index < -0.39 is 11.9 Å². The van der Waals surface area contributed by atoms with Crippen LogP contribution in [0, 0.1) is 5.92 Å². The van der Waals surface area contributed by atoms with E-state index in [1.54, 1.807) is 13.8 Å². The summed E-state index contributed by atoms with van der Waals surface area (Å²) in [7, 11) is 0. The zero-order valence-electron chi connectivity index (χ0n) is 8.49. The highest BCUT2D eigenvalue weighted by atomic mass is 16.4. The van der Waals surface area contributed by atoms with Crippen LogP contribution in [0.15, 0.2) is 0 Å². The van der Waals surface area contributed by atoms with Crippen molar-refractivity contribution in [1.82, 2.24) is 10.2 Å². The number of aliphatic carboxylic acids is 1. The van der Waals surface area contributed by atoms with Crippen molar-refractivity contribution in [2.45, 2.75) is 19.9 Å². The Kier molecular flexibility index (Phi) is 3.46. The van der Waals surface area contributed by atoms with Crippen LogP contribution in [0.25, 0.3) is 0 Å². The van der Waals surface area contributed by atoms with Crippen molar-refractivity contribution in [3.63, 3.8) is 0 Å². The molecule has 5 nitrogen and oxygen atoms in total. The largest absolute Gasteiger partial charge is 0.481 e. The SMILES string of the molecule is CC(CN1CCNC(=O)C1C)C(=O)O. The number of nitrogens with zero attached hydrogens (tertiary/aromatic N) is 1. The number of piperazine rings is 1. The van der Waals surface area contributed by atoms with Gasteiger partial charge in [-0.1, -0.05) is 6.92 Å². The van der Waals surface area contributed by atoms with Crippen LogP contribution in [0.2, 0.25) is 0 Å². The van der Waals surface area contributed by atoms with E-state index >= 15 is 0 Å². The molecule has 5 heteroatoms. The summed E-state index contributed by atoms with van der Waals surface area (Å²) in [6, 6.07) is -0.217. The van der Waals surface area contributed by atoms with E-state index in [9.17, 15) is 9.59 Å². The molecule has 0 saturated carbocycles. The molecule has 0 spiro atoms. The number of hydrogen-bond donors (Lipinski definition) is 2. The first kappa shape index (κ1) is 11.0. The van der Waals surface area contributed by atoms with Crippen molar-refractivity contribution >= 4 is 11.9 Å². The third-order valence-electron chi connectivity index (χ3n) is 2.56. The second-order valence-corrected chi connectivity index (χ2v) is 3.70. The van der Waals surface area contributed by atoms with Gasteiger partial charge in [0.05, 0.1) is 12.0 Å². The van der Waals surface area contributed by atoms with Crippen LogP contribution in [0.3, 0.4) is 0 Å². The van der Waals surface area contributed by atoms with Gasteiger partial charge in [0.2, 0.25) is 5.91 Å². The molecule has 2 N–H and O–H groups in total. The maximum atomic E-state index is 11.3. The molecule has 2 atom stereocenters. The lowest BCUT2D eigenvalue weighted by Gasteiger charge is -2.33. The first-order valence-corrected chi connectivity index (χ1v) is 4.77. The van der Waals surface area contributed by atoms with E-state index in [4.69, 9.17) is 5.11 Å². The summed E-state index contributed by atoms with van der Waals surface area (Å²) in [5.41, 5.74) is 0. The van der Waals surface area contributed by atoms with Gasteiger partial charge in [-0.25, -0.2) is 0 Å². The third kappa shape index (κ3) is 2.45. The number of rotatable bonds is 3. The second kappa shape index (κ2) is 4.41. The molecule has 1 aliphatic heterocycles. The molecule has 80 valence electrons. The Balaban J connectivity index is 2.51. The standard InChI is InChI=1S/C9H16N2O3/c1-6(9(13)14)5-11-4-3-10-8(12)7(11)2/h6-7H,3-5H2,1-2H3,(H,10,12)(H,13,14). The van der Waals surface area contributed by atoms with Gasteiger partial charge >= 0.3 is 5.97 Å². The Morgan fingerprint density at radius 1 is 1.79 bits per heavy atom. The Bertz CT molecular complexity index is 242. The van der Waals surface area contributed by atoms with Crippen molar-refractivity contribution in [1.29, 1.82) is 0 Å². The topological polar surface area (TPSA) is 69.6 Å². The number of carbonyl (C=O) groups excluding carboxylic acids is 1. The van der Waals surface area contributed by atoms with Gasteiger partial charge in [-0.15, -0.1) is 0 Å². The van der Waals surface area contributed by atoms with Crippen molar-refractivity contribution in [2.75, 3.05) is 19.6 Å². The molecule has 1 saturated heterocycles. The fourth-order valence-electron chi connectivity index (χ4n) is 1.51. The molecule has 0 aromatic carbocycles. The van der Waals surface area contributed by atoms with Crippen LogP contribution in [0.1, 0.15) is 13.8 Å². The number of hydrogen-bond acceptors (Lipinski definition) is 3. The quantitative estimate of drug-likeness (QED) is 0.646. The van der Waals surface area contributed by atoms with Crippen LogP contribution < -0.4 is 5.32 Å². The van der Waals surface area contributed by atoms with Crippen molar-refractivity contribution in [3.05, 3.63) is 0 Å². The lowest BCUT2D eigenvalue weighted by atomic mass is 10.1. The van der Waals surface area contributed by atoms with E-state index in [0.29, 0.717) is 13.1 Å². The van der Waals surface area contributed by atoms with Crippen LogP contribution in [0.5, 0.6) is 0 Å². The molecule has 1 aliphatic rings. The average molecular weight is 200 g/mol. The van der Waals surface area contributed by atoms with Crippen LogP contribution in [-0.4, -0.2) is 47.6 Å². The van der Waals surface area contributed by atoms with E-state index in [0.717, 1.165) is 6.54 Å². The normalized spacial score (nSPS) is 25.6. The van der Waals surface area contributed by atoms with Crippen molar-refractivity contribution < 1.29 is 14.7 Å². The molecule has 1 fully saturated rings. The Morgan fingerprint density at radius 2 is 2.43 bits per heavy atom. The molecule has 0 aromatic heterocycles. The fourth-order valence-corrected chi connectivity index (χ4v) is 1.51. The van der Waals surface area contributed by atoms with Gasteiger partial charge in [-0.3, -0.25) is 14.5 Å². The zero-order valence-corrected chi connectivity index (χ0v) is 8.49. The highest BCUT2D eigenvalue weighted by Crippen LogP contribution is 2.07. The van der Waals surface area contributed by atoms with E-state index in [-0.39, 0.29) is 11.9 Å². The summed E-state index contributed by atoms with van der Waals surface area (Å²) >= 11 is 0. The molecule has 1 rings (SSSR count). The summed E-state index contributed by atoms with van der Waals surface area (Å²) in [6.45, 7) is 5.22. The number of amides is 1. The smallest absolute Gasteiger partial charge is 0.307 e. The number of carboxylic acids is 1. The summed E-state index contributed by atoms with van der Waals surface area (Å²) in [5.74, 6) is -1.26. The molecular formula is C9H16N2O3. The van der Waals surface area contributed by atoms with Gasteiger partial charge in [-0.2, -0.15) is 0 Å². The first-order valence-electron chi connectivity index (χ1n) is 4.77. The summed E-state index contributed by atoms with van der Waals surface area (Å²) in [5, 5.41) is 11.5. The van der Waals surface area contributed by atoms with Crippen LogP contribution >= 0.6 is 0 Å². The summed E-state index contributed by atoms with van der Waals surface area (Å²) in [4.78, 5) is 23.8. The average Bonchev–Trinajstić information content (AvgIpc) is 2.12. The first-order chi connectivity index (χ1) is 6.52. The minimum Gasteiger partial charge on any atom is -0.481 e. The summed E-state index contributed by atoms with van der Waals surface area (Å²) in [6.07, 6.45) is 0. The molecule has 0 bridgehead atoms. The third-order valence-corrected chi connectivity index (χ3v) is 2.56. The Morgan fingerprint density at radius 3 is 3.00 bits per heavy atom. The number of nitrogens with one attached hydrogen (secondary N) is 1. The highest BCUT2D eigenvalue weighted by Gasteiger charge is 2.27. The molecule has 1 heterocycles. The van der Waals surface area contributed by atoms with Gasteiger partial charge in [0.15, 0.2) is 0 Å². The van der Waals surface area contributed by atoms with Crippen molar-refractivity contribution in [3.8, 4) is 0 Å². The maximum absolute atomic E-state index is 11.3. The Hall–Kier alpha value is -1.10. The van der Waals surface area contributed by atoms with Gasteiger partial charge < -0.3 is 10.4 Å². The summed E-state index contributed by atoms with van der Waals surface area (Å²) < 4.78 is 0. The number of carbonyl (C=O) groups is 2. The van der Waals surface area contributed by atoms with E-state index in [2.05, 4.69) is 5.32 Å². The zero-order chi connectivity index (χ0) is 10.7. The molecule has 0 aromatic rings. The molecule has 14 heavy (non-hydrogen) atoms. The lowest BCUT2D eigenvalue weighted by molar-refractivity contribution is -0.143. The molecule has 1 amide bonds. The van der Waals surface area contributed by atoms with Gasteiger partial charge in [0.1, 0.15) is 0 Å². The monoisotopic (exact) mass is 200 g/mol. The van der Waals surface area contributed by atoms with E-state index in [1.165, 1.54) is 0 Å². The van der Waals surface area contributed by atoms with Gasteiger partial charge in [-0.05, 0) is 6.92 Å². The Labute approximate surface area is 83.1 Å².